The zero-order valence-electron chi connectivity index (χ0n) is 17.0. The van der Waals surface area contributed by atoms with E-state index in [4.69, 9.17) is 4.74 Å². The zero-order chi connectivity index (χ0) is 19.6. The number of benzene rings is 1. The molecule has 2 heterocycles. The molecule has 2 bridgehead atoms. The molecule has 5 nitrogen and oxygen atoms in total. The van der Waals surface area contributed by atoms with Crippen LogP contribution in [0.2, 0.25) is 0 Å². The second-order valence-corrected chi connectivity index (χ2v) is 8.33. The Hall–Kier alpha value is -1.98. The molecule has 0 amide bonds. The van der Waals surface area contributed by atoms with Crippen LogP contribution in [0.1, 0.15) is 49.6 Å². The first-order valence-corrected chi connectivity index (χ1v) is 10.5. The van der Waals surface area contributed by atoms with Crippen molar-refractivity contribution in [3.63, 3.8) is 0 Å². The number of fused-ring (bicyclic) bond motifs is 2. The van der Waals surface area contributed by atoms with Crippen LogP contribution in [0.3, 0.4) is 0 Å². The summed E-state index contributed by atoms with van der Waals surface area (Å²) in [5, 5.41) is 11.8. The smallest absolute Gasteiger partial charge is 0.128 e. The lowest BCUT2D eigenvalue weighted by molar-refractivity contribution is -0.148. The Kier molecular flexibility index (Phi) is 5.65. The third-order valence-corrected chi connectivity index (χ3v) is 6.50. The van der Waals surface area contributed by atoms with E-state index in [0.29, 0.717) is 0 Å². The Balaban J connectivity index is 1.49. The quantitative estimate of drug-likeness (QED) is 0.829. The molecule has 2 aliphatic rings. The van der Waals surface area contributed by atoms with E-state index in [2.05, 4.69) is 21.8 Å². The lowest BCUT2D eigenvalue weighted by Gasteiger charge is -2.53. The first-order chi connectivity index (χ1) is 13.6. The van der Waals surface area contributed by atoms with E-state index in [9.17, 15) is 5.11 Å². The molecule has 1 saturated carbocycles. The minimum absolute atomic E-state index is 0.258. The molecule has 1 aromatic heterocycles. The van der Waals surface area contributed by atoms with Crippen molar-refractivity contribution in [3.05, 3.63) is 53.6 Å². The fourth-order valence-electron chi connectivity index (χ4n) is 5.08. The van der Waals surface area contributed by atoms with E-state index in [1.165, 1.54) is 6.42 Å². The molecular formula is C23H31N3O2. The molecule has 2 fully saturated rings. The van der Waals surface area contributed by atoms with Gasteiger partial charge in [0.25, 0.3) is 0 Å². The van der Waals surface area contributed by atoms with Crippen LogP contribution in [0.4, 0.5) is 0 Å². The SMILES string of the molecule is CCCc1ncc(CN2CC3CCCC(C2)C3(O)c2ccc(OC)cc2)cn1. The fraction of sp³-hybridized carbons (Fsp3) is 0.565. The predicted octanol–water partition coefficient (Wildman–Crippen LogP) is 3.56. The van der Waals surface area contributed by atoms with Gasteiger partial charge in [0.2, 0.25) is 0 Å². The molecular weight excluding hydrogens is 350 g/mol. The number of likely N-dealkylation sites (tertiary alicyclic amines) is 1. The summed E-state index contributed by atoms with van der Waals surface area (Å²) in [5.74, 6) is 2.28. The molecule has 2 unspecified atom stereocenters. The maximum Gasteiger partial charge on any atom is 0.128 e. The average Bonchev–Trinajstić information content (AvgIpc) is 2.70. The van der Waals surface area contributed by atoms with Gasteiger partial charge in [-0.1, -0.05) is 25.5 Å². The van der Waals surface area contributed by atoms with Gasteiger partial charge in [-0.05, 0) is 37.0 Å². The normalized spacial score (nSPS) is 27.5. The van der Waals surface area contributed by atoms with Gasteiger partial charge in [0.15, 0.2) is 0 Å². The Bertz CT molecular complexity index is 761. The van der Waals surface area contributed by atoms with E-state index < -0.39 is 5.60 Å². The van der Waals surface area contributed by atoms with Crippen LogP contribution in [0, 0.1) is 11.8 Å². The molecule has 2 atom stereocenters. The summed E-state index contributed by atoms with van der Waals surface area (Å²) in [6.45, 7) is 4.83. The van der Waals surface area contributed by atoms with Crippen molar-refractivity contribution in [3.8, 4) is 5.75 Å². The number of hydrogen-bond donors (Lipinski definition) is 1. The third kappa shape index (κ3) is 3.65. The van der Waals surface area contributed by atoms with Gasteiger partial charge in [0.05, 0.1) is 12.7 Å². The minimum atomic E-state index is -0.734. The van der Waals surface area contributed by atoms with E-state index in [1.54, 1.807) is 7.11 Å². The van der Waals surface area contributed by atoms with Gasteiger partial charge >= 0.3 is 0 Å². The highest BCUT2D eigenvalue weighted by Crippen LogP contribution is 2.49. The maximum atomic E-state index is 11.8. The van der Waals surface area contributed by atoms with E-state index in [0.717, 1.165) is 68.0 Å². The molecule has 0 radical (unpaired) electrons. The molecule has 1 N–H and O–H groups in total. The average molecular weight is 382 g/mol. The van der Waals surface area contributed by atoms with E-state index in [-0.39, 0.29) is 11.8 Å². The van der Waals surface area contributed by atoms with E-state index in [1.807, 2.05) is 36.7 Å². The van der Waals surface area contributed by atoms with Crippen LogP contribution in [0.15, 0.2) is 36.7 Å². The largest absolute Gasteiger partial charge is 0.497 e. The Morgan fingerprint density at radius 1 is 1.11 bits per heavy atom. The number of methoxy groups -OCH3 is 1. The molecule has 28 heavy (non-hydrogen) atoms. The van der Waals surface area contributed by atoms with Crippen molar-refractivity contribution >= 4 is 0 Å². The highest BCUT2D eigenvalue weighted by atomic mass is 16.5. The summed E-state index contributed by atoms with van der Waals surface area (Å²) in [6.07, 6.45) is 9.29. The predicted molar refractivity (Wildman–Crippen MR) is 109 cm³/mol. The summed E-state index contributed by atoms with van der Waals surface area (Å²) in [4.78, 5) is 11.5. The van der Waals surface area contributed by atoms with Crippen LogP contribution in [0.5, 0.6) is 5.75 Å². The number of ether oxygens (including phenoxy) is 1. The van der Waals surface area contributed by atoms with Gasteiger partial charge in [0, 0.05) is 55.8 Å². The molecule has 1 aliphatic carbocycles. The van der Waals surface area contributed by atoms with Gasteiger partial charge in [-0.15, -0.1) is 0 Å². The first-order valence-electron chi connectivity index (χ1n) is 10.5. The molecule has 1 saturated heterocycles. The third-order valence-electron chi connectivity index (χ3n) is 6.50. The van der Waals surface area contributed by atoms with Crippen molar-refractivity contribution in [2.24, 2.45) is 11.8 Å². The summed E-state index contributed by atoms with van der Waals surface area (Å²) in [6, 6.07) is 8.01. The lowest BCUT2D eigenvalue weighted by Crippen LogP contribution is -2.57. The minimum Gasteiger partial charge on any atom is -0.497 e. The van der Waals surface area contributed by atoms with Crippen LogP contribution in [-0.4, -0.2) is 40.2 Å². The van der Waals surface area contributed by atoms with Crippen molar-refractivity contribution < 1.29 is 9.84 Å². The van der Waals surface area contributed by atoms with Crippen molar-refractivity contribution in [2.45, 2.75) is 51.2 Å². The number of aryl methyl sites for hydroxylation is 1. The summed E-state index contributed by atoms with van der Waals surface area (Å²) >= 11 is 0. The topological polar surface area (TPSA) is 58.5 Å². The first kappa shape index (κ1) is 19.3. The number of hydrogen-bond acceptors (Lipinski definition) is 5. The van der Waals surface area contributed by atoms with Crippen LogP contribution in [-0.2, 0) is 18.6 Å². The Labute approximate surface area is 167 Å². The van der Waals surface area contributed by atoms with Gasteiger partial charge in [0.1, 0.15) is 11.6 Å². The van der Waals surface area contributed by atoms with Crippen LogP contribution in [0.25, 0.3) is 0 Å². The van der Waals surface area contributed by atoms with E-state index >= 15 is 0 Å². The lowest BCUT2D eigenvalue weighted by atomic mass is 9.62. The second kappa shape index (κ2) is 8.18. The van der Waals surface area contributed by atoms with Gasteiger partial charge in [-0.3, -0.25) is 4.90 Å². The maximum absolute atomic E-state index is 11.8. The molecule has 150 valence electrons. The van der Waals surface area contributed by atoms with Crippen LogP contribution < -0.4 is 4.74 Å². The number of nitrogens with zero attached hydrogens (tertiary/aromatic N) is 3. The standard InChI is InChI=1S/C23H31N3O2/c1-3-5-22-24-12-17(13-25-22)14-26-15-19-6-4-7-20(16-26)23(19,27)18-8-10-21(28-2)11-9-18/h8-13,19-20,27H,3-7,14-16H2,1-2H3. The molecule has 4 rings (SSSR count). The molecule has 0 spiro atoms. The Morgan fingerprint density at radius 2 is 1.75 bits per heavy atom. The zero-order valence-corrected chi connectivity index (χ0v) is 17.0. The van der Waals surface area contributed by atoms with Crippen molar-refractivity contribution in [1.82, 2.24) is 14.9 Å². The van der Waals surface area contributed by atoms with Gasteiger partial charge < -0.3 is 9.84 Å². The van der Waals surface area contributed by atoms with Gasteiger partial charge in [-0.2, -0.15) is 0 Å². The number of rotatable bonds is 6. The fourth-order valence-corrected chi connectivity index (χ4v) is 5.08. The summed E-state index contributed by atoms with van der Waals surface area (Å²) < 4.78 is 5.29. The summed E-state index contributed by atoms with van der Waals surface area (Å²) in [7, 11) is 1.68. The highest BCUT2D eigenvalue weighted by molar-refractivity contribution is 5.33. The monoisotopic (exact) mass is 381 g/mol. The van der Waals surface area contributed by atoms with Gasteiger partial charge in [-0.25, -0.2) is 9.97 Å². The molecule has 5 heteroatoms. The molecule has 2 aromatic rings. The second-order valence-electron chi connectivity index (χ2n) is 8.33. The number of aromatic nitrogens is 2. The highest BCUT2D eigenvalue weighted by Gasteiger charge is 2.51. The van der Waals surface area contributed by atoms with Crippen LogP contribution >= 0.6 is 0 Å². The number of piperidine rings is 1. The van der Waals surface area contributed by atoms with Crippen molar-refractivity contribution in [2.75, 3.05) is 20.2 Å². The molecule has 1 aromatic carbocycles. The molecule has 1 aliphatic heterocycles. The summed E-state index contributed by atoms with van der Waals surface area (Å²) in [5.41, 5.74) is 1.46. The Morgan fingerprint density at radius 3 is 2.32 bits per heavy atom. The van der Waals surface area contributed by atoms with Crippen molar-refractivity contribution in [1.29, 1.82) is 0 Å². The number of aliphatic hydroxyl groups is 1.